The molecule has 0 radical (unpaired) electrons. The highest BCUT2D eigenvalue weighted by Crippen LogP contribution is 2.32. The Bertz CT molecular complexity index is 565. The standard InChI is InChI=1S/C13H11N3O2/c1-16-8-12(9-3-2-4-11(17)5-9)18-13(16)10(6-14)7-15/h2-5,12,17H,8H2,1H3/t12-/m1/s1. The van der Waals surface area contributed by atoms with Crippen molar-refractivity contribution in [2.45, 2.75) is 6.10 Å². The lowest BCUT2D eigenvalue weighted by molar-refractivity contribution is 0.163. The Labute approximate surface area is 105 Å². The van der Waals surface area contributed by atoms with Crippen molar-refractivity contribution in [1.82, 2.24) is 4.90 Å². The first-order valence-corrected chi connectivity index (χ1v) is 5.37. The minimum Gasteiger partial charge on any atom is -0.508 e. The number of hydrogen-bond acceptors (Lipinski definition) is 5. The monoisotopic (exact) mass is 241 g/mol. The van der Waals surface area contributed by atoms with E-state index in [1.54, 1.807) is 30.1 Å². The molecule has 1 atom stereocenters. The molecule has 1 heterocycles. The average Bonchev–Trinajstić information content (AvgIpc) is 2.74. The molecule has 5 heteroatoms. The number of benzene rings is 1. The number of rotatable bonds is 1. The quantitative estimate of drug-likeness (QED) is 0.756. The third-order valence-electron chi connectivity index (χ3n) is 2.72. The van der Waals surface area contributed by atoms with E-state index in [4.69, 9.17) is 15.3 Å². The van der Waals surface area contributed by atoms with Gasteiger partial charge in [-0.15, -0.1) is 0 Å². The second kappa shape index (κ2) is 4.68. The number of nitriles is 2. The topological polar surface area (TPSA) is 80.3 Å². The number of nitrogens with zero attached hydrogens (tertiary/aromatic N) is 3. The Kier molecular flexibility index (Phi) is 3.07. The van der Waals surface area contributed by atoms with Gasteiger partial charge in [0.2, 0.25) is 5.88 Å². The van der Waals surface area contributed by atoms with Gasteiger partial charge in [-0.25, -0.2) is 0 Å². The summed E-state index contributed by atoms with van der Waals surface area (Å²) in [4.78, 5) is 1.72. The van der Waals surface area contributed by atoms with Gasteiger partial charge < -0.3 is 14.7 Å². The van der Waals surface area contributed by atoms with Crippen LogP contribution in [0.3, 0.4) is 0 Å². The molecule has 1 aliphatic rings. The first-order chi connectivity index (χ1) is 8.65. The van der Waals surface area contributed by atoms with Crippen molar-refractivity contribution < 1.29 is 9.84 Å². The van der Waals surface area contributed by atoms with Crippen molar-refractivity contribution in [3.63, 3.8) is 0 Å². The summed E-state index contributed by atoms with van der Waals surface area (Å²) < 4.78 is 5.61. The van der Waals surface area contributed by atoms with Crippen molar-refractivity contribution in [2.75, 3.05) is 13.6 Å². The molecule has 5 nitrogen and oxygen atoms in total. The highest BCUT2D eigenvalue weighted by Gasteiger charge is 2.29. The Hall–Kier alpha value is -2.66. The molecule has 0 bridgehead atoms. The molecule has 1 aromatic carbocycles. The summed E-state index contributed by atoms with van der Waals surface area (Å²) in [6.45, 7) is 0.533. The van der Waals surface area contributed by atoms with Crippen LogP contribution in [0.2, 0.25) is 0 Å². The van der Waals surface area contributed by atoms with Crippen LogP contribution >= 0.6 is 0 Å². The van der Waals surface area contributed by atoms with E-state index in [0.717, 1.165) is 5.56 Å². The fourth-order valence-electron chi connectivity index (χ4n) is 1.86. The number of ether oxygens (including phenoxy) is 1. The molecule has 90 valence electrons. The van der Waals surface area contributed by atoms with Gasteiger partial charge in [-0.05, 0) is 17.7 Å². The predicted octanol–water partition coefficient (Wildman–Crippen LogP) is 1.65. The van der Waals surface area contributed by atoms with Gasteiger partial charge in [-0.2, -0.15) is 10.5 Å². The summed E-state index contributed by atoms with van der Waals surface area (Å²) in [5, 5.41) is 27.1. The average molecular weight is 241 g/mol. The minimum absolute atomic E-state index is 0.0415. The zero-order valence-electron chi connectivity index (χ0n) is 9.79. The Morgan fingerprint density at radius 2 is 2.17 bits per heavy atom. The van der Waals surface area contributed by atoms with Crippen LogP contribution in [0.4, 0.5) is 0 Å². The van der Waals surface area contributed by atoms with E-state index >= 15 is 0 Å². The summed E-state index contributed by atoms with van der Waals surface area (Å²) >= 11 is 0. The van der Waals surface area contributed by atoms with Gasteiger partial charge in [-0.3, -0.25) is 0 Å². The maximum absolute atomic E-state index is 9.42. The van der Waals surface area contributed by atoms with Crippen LogP contribution in [-0.2, 0) is 4.74 Å². The lowest BCUT2D eigenvalue weighted by Gasteiger charge is -2.09. The van der Waals surface area contributed by atoms with Gasteiger partial charge in [0.05, 0.1) is 6.54 Å². The van der Waals surface area contributed by atoms with Crippen molar-refractivity contribution in [3.8, 4) is 17.9 Å². The molecular formula is C13H11N3O2. The van der Waals surface area contributed by atoms with Crippen molar-refractivity contribution in [1.29, 1.82) is 10.5 Å². The van der Waals surface area contributed by atoms with Crippen LogP contribution in [0.15, 0.2) is 35.7 Å². The van der Waals surface area contributed by atoms with Crippen LogP contribution in [0, 0.1) is 22.7 Å². The fraction of sp³-hybridized carbons (Fsp3) is 0.231. The van der Waals surface area contributed by atoms with E-state index in [2.05, 4.69) is 0 Å². The molecule has 1 aromatic rings. The second-order valence-electron chi connectivity index (χ2n) is 3.99. The SMILES string of the molecule is CN1C[C@H](c2cccc(O)c2)OC1=C(C#N)C#N. The predicted molar refractivity (Wildman–Crippen MR) is 62.8 cm³/mol. The zero-order valence-corrected chi connectivity index (χ0v) is 9.79. The molecule has 1 saturated heterocycles. The van der Waals surface area contributed by atoms with Gasteiger partial charge in [-0.1, -0.05) is 12.1 Å². The van der Waals surface area contributed by atoms with E-state index in [1.165, 1.54) is 0 Å². The number of hydrogen-bond donors (Lipinski definition) is 1. The molecule has 0 aliphatic carbocycles. The first-order valence-electron chi connectivity index (χ1n) is 5.37. The molecule has 0 saturated carbocycles. The van der Waals surface area contributed by atoms with E-state index in [0.29, 0.717) is 6.54 Å². The van der Waals surface area contributed by atoms with Gasteiger partial charge in [0.1, 0.15) is 24.0 Å². The Balaban J connectivity index is 2.30. The van der Waals surface area contributed by atoms with Crippen LogP contribution in [-0.4, -0.2) is 23.6 Å². The molecule has 1 N–H and O–H groups in total. The summed E-state index contributed by atoms with van der Waals surface area (Å²) in [6, 6.07) is 10.4. The molecule has 0 spiro atoms. The van der Waals surface area contributed by atoms with Crippen molar-refractivity contribution >= 4 is 0 Å². The number of aromatic hydroxyl groups is 1. The number of likely N-dealkylation sites (N-methyl/N-ethyl adjacent to an activating group) is 1. The molecule has 0 unspecified atom stereocenters. The normalized spacial score (nSPS) is 17.8. The minimum atomic E-state index is -0.284. The maximum Gasteiger partial charge on any atom is 0.219 e. The van der Waals surface area contributed by atoms with E-state index in [9.17, 15) is 5.11 Å². The first kappa shape index (κ1) is 11.8. The molecule has 0 aromatic heterocycles. The third-order valence-corrected chi connectivity index (χ3v) is 2.72. The fourth-order valence-corrected chi connectivity index (χ4v) is 1.86. The number of allylic oxidation sites excluding steroid dienone is 1. The molecule has 2 rings (SSSR count). The molecule has 0 amide bonds. The van der Waals surface area contributed by atoms with E-state index in [1.807, 2.05) is 18.2 Å². The van der Waals surface area contributed by atoms with E-state index in [-0.39, 0.29) is 23.3 Å². The van der Waals surface area contributed by atoms with Crippen LogP contribution in [0.25, 0.3) is 0 Å². The van der Waals surface area contributed by atoms with Gasteiger partial charge in [0.15, 0.2) is 5.57 Å². The van der Waals surface area contributed by atoms with Crippen LogP contribution < -0.4 is 0 Å². The zero-order chi connectivity index (χ0) is 13.1. The molecule has 1 aliphatic heterocycles. The van der Waals surface area contributed by atoms with E-state index < -0.39 is 0 Å². The third kappa shape index (κ3) is 2.07. The highest BCUT2D eigenvalue weighted by atomic mass is 16.5. The van der Waals surface area contributed by atoms with Crippen molar-refractivity contribution in [3.05, 3.63) is 41.3 Å². The number of phenols is 1. The largest absolute Gasteiger partial charge is 0.508 e. The number of phenolic OH excluding ortho intramolecular Hbond substituents is 1. The highest BCUT2D eigenvalue weighted by molar-refractivity contribution is 5.39. The van der Waals surface area contributed by atoms with Crippen molar-refractivity contribution in [2.24, 2.45) is 0 Å². The maximum atomic E-state index is 9.42. The summed E-state index contributed by atoms with van der Waals surface area (Å²) in [6.07, 6.45) is -0.284. The van der Waals surface area contributed by atoms with Gasteiger partial charge in [0.25, 0.3) is 0 Å². The lowest BCUT2D eigenvalue weighted by Crippen LogP contribution is -2.13. The summed E-state index contributed by atoms with van der Waals surface area (Å²) in [7, 11) is 1.76. The lowest BCUT2D eigenvalue weighted by atomic mass is 10.1. The Morgan fingerprint density at radius 3 is 2.78 bits per heavy atom. The molecular weight excluding hydrogens is 230 g/mol. The molecule has 1 fully saturated rings. The Morgan fingerprint density at radius 1 is 1.44 bits per heavy atom. The smallest absolute Gasteiger partial charge is 0.219 e. The summed E-state index contributed by atoms with van der Waals surface area (Å²) in [5.74, 6) is 0.449. The second-order valence-corrected chi connectivity index (χ2v) is 3.99. The van der Waals surface area contributed by atoms with Crippen LogP contribution in [0.1, 0.15) is 11.7 Å². The summed E-state index contributed by atoms with van der Waals surface area (Å²) in [5.41, 5.74) is 0.771. The molecule has 18 heavy (non-hydrogen) atoms. The van der Waals surface area contributed by atoms with Crippen LogP contribution in [0.5, 0.6) is 5.75 Å². The van der Waals surface area contributed by atoms with Gasteiger partial charge in [0, 0.05) is 7.05 Å². The van der Waals surface area contributed by atoms with Gasteiger partial charge >= 0.3 is 0 Å².